The second-order valence-electron chi connectivity index (χ2n) is 5.54. The first-order valence-electron chi connectivity index (χ1n) is 7.94. The fourth-order valence-electron chi connectivity index (χ4n) is 2.89. The molecule has 2 rings (SSSR count). The number of rotatable bonds is 9. The predicted octanol–water partition coefficient (Wildman–Crippen LogP) is 3.30. The summed E-state index contributed by atoms with van der Waals surface area (Å²) in [6, 6.07) is 0. The van der Waals surface area contributed by atoms with Crippen molar-refractivity contribution in [3.05, 3.63) is 23.1 Å². The van der Waals surface area contributed by atoms with E-state index in [0.29, 0.717) is 6.61 Å². The lowest BCUT2D eigenvalue weighted by Crippen LogP contribution is -2.35. The van der Waals surface area contributed by atoms with Crippen LogP contribution in [0.25, 0.3) is 10.4 Å². The maximum Gasteiger partial charge on any atom is 0.186 e. The summed E-state index contributed by atoms with van der Waals surface area (Å²) < 4.78 is 23.9. The third-order valence-electron chi connectivity index (χ3n) is 4.21. The van der Waals surface area contributed by atoms with Crippen LogP contribution in [0.4, 0.5) is 0 Å². The SMILES string of the molecule is C=CCCCO[C@H]1O[C@H](CN=[N+]=[N-])C2OC(CC)(CC)OC21. The molecule has 0 radical (unpaired) electrons. The highest BCUT2D eigenvalue weighted by molar-refractivity contribution is 4.97. The topological polar surface area (TPSA) is 85.7 Å². The van der Waals surface area contributed by atoms with Gasteiger partial charge in [0, 0.05) is 4.91 Å². The molecule has 7 heteroatoms. The number of azide groups is 1. The van der Waals surface area contributed by atoms with E-state index in [1.54, 1.807) is 0 Å². The molecule has 2 heterocycles. The summed E-state index contributed by atoms with van der Waals surface area (Å²) in [5.41, 5.74) is 8.52. The Morgan fingerprint density at radius 2 is 2.05 bits per heavy atom. The van der Waals surface area contributed by atoms with Crippen molar-refractivity contribution >= 4 is 0 Å². The molecule has 0 aromatic heterocycles. The predicted molar refractivity (Wildman–Crippen MR) is 81.1 cm³/mol. The van der Waals surface area contributed by atoms with Crippen molar-refractivity contribution in [3.8, 4) is 0 Å². The second-order valence-corrected chi connectivity index (χ2v) is 5.54. The lowest BCUT2D eigenvalue weighted by molar-refractivity contribution is -0.247. The van der Waals surface area contributed by atoms with E-state index in [1.807, 2.05) is 19.9 Å². The molecule has 2 fully saturated rings. The number of allylic oxidation sites excluding steroid dienone is 1. The summed E-state index contributed by atoms with van der Waals surface area (Å²) in [6.45, 7) is 8.55. The van der Waals surface area contributed by atoms with Gasteiger partial charge in [0.15, 0.2) is 12.1 Å². The van der Waals surface area contributed by atoms with E-state index in [-0.39, 0.29) is 24.9 Å². The molecule has 2 aliphatic rings. The van der Waals surface area contributed by atoms with Crippen molar-refractivity contribution in [2.45, 2.75) is 69.9 Å². The van der Waals surface area contributed by atoms with Crippen LogP contribution < -0.4 is 0 Å². The van der Waals surface area contributed by atoms with E-state index in [0.717, 1.165) is 25.7 Å². The molecule has 0 N–H and O–H groups in total. The van der Waals surface area contributed by atoms with E-state index in [1.165, 1.54) is 0 Å². The molecule has 0 saturated carbocycles. The number of ether oxygens (including phenoxy) is 4. The first-order valence-corrected chi connectivity index (χ1v) is 7.94. The van der Waals surface area contributed by atoms with Crippen LogP contribution in [0, 0.1) is 0 Å². The van der Waals surface area contributed by atoms with E-state index < -0.39 is 12.1 Å². The quantitative estimate of drug-likeness (QED) is 0.215. The number of nitrogens with zero attached hydrogens (tertiary/aromatic N) is 3. The molecule has 7 nitrogen and oxygen atoms in total. The summed E-state index contributed by atoms with van der Waals surface area (Å²) >= 11 is 0. The second kappa shape index (κ2) is 7.94. The molecule has 0 amide bonds. The number of fused-ring (bicyclic) bond motifs is 1. The van der Waals surface area contributed by atoms with Gasteiger partial charge in [0.1, 0.15) is 12.2 Å². The highest BCUT2D eigenvalue weighted by Gasteiger charge is 2.57. The molecule has 2 aliphatic heterocycles. The Balaban J connectivity index is 2.02. The first kappa shape index (κ1) is 17.2. The van der Waals surface area contributed by atoms with Crippen LogP contribution in [-0.4, -0.2) is 43.5 Å². The van der Waals surface area contributed by atoms with Crippen LogP contribution in [0.3, 0.4) is 0 Å². The minimum Gasteiger partial charge on any atom is -0.350 e. The van der Waals surface area contributed by atoms with Crippen molar-refractivity contribution in [1.82, 2.24) is 0 Å². The third-order valence-corrected chi connectivity index (χ3v) is 4.21. The molecule has 22 heavy (non-hydrogen) atoms. The monoisotopic (exact) mass is 311 g/mol. The molecule has 124 valence electrons. The van der Waals surface area contributed by atoms with Gasteiger partial charge in [0.25, 0.3) is 0 Å². The van der Waals surface area contributed by atoms with Crippen LogP contribution >= 0.6 is 0 Å². The molecule has 0 spiro atoms. The van der Waals surface area contributed by atoms with Crippen LogP contribution in [0.5, 0.6) is 0 Å². The average molecular weight is 311 g/mol. The first-order chi connectivity index (χ1) is 10.7. The van der Waals surface area contributed by atoms with Gasteiger partial charge in [-0.15, -0.1) is 6.58 Å². The molecule has 4 atom stereocenters. The Bertz CT molecular complexity index is 421. The van der Waals surface area contributed by atoms with Gasteiger partial charge in [-0.25, -0.2) is 0 Å². The van der Waals surface area contributed by atoms with Gasteiger partial charge >= 0.3 is 0 Å². The number of unbranched alkanes of at least 4 members (excludes halogenated alkanes) is 1. The summed E-state index contributed by atoms with van der Waals surface area (Å²) in [7, 11) is 0. The van der Waals surface area contributed by atoms with Crippen LogP contribution in [0.1, 0.15) is 39.5 Å². The van der Waals surface area contributed by atoms with Crippen LogP contribution in [-0.2, 0) is 18.9 Å². The molecule has 0 aromatic rings. The molecule has 0 aromatic carbocycles. The van der Waals surface area contributed by atoms with E-state index in [2.05, 4.69) is 16.6 Å². The lowest BCUT2D eigenvalue weighted by atomic mass is 10.1. The maximum absolute atomic E-state index is 8.52. The fraction of sp³-hybridized carbons (Fsp3) is 0.867. The van der Waals surface area contributed by atoms with Gasteiger partial charge in [0.05, 0.1) is 19.3 Å². The molecule has 2 unspecified atom stereocenters. The van der Waals surface area contributed by atoms with E-state index >= 15 is 0 Å². The zero-order valence-corrected chi connectivity index (χ0v) is 13.3. The smallest absolute Gasteiger partial charge is 0.186 e. The normalized spacial score (nSPS) is 32.5. The molecular formula is C15H25N3O4. The molecule has 0 bridgehead atoms. The minimum absolute atomic E-state index is 0.219. The van der Waals surface area contributed by atoms with Crippen molar-refractivity contribution < 1.29 is 18.9 Å². The molecule has 2 saturated heterocycles. The van der Waals surface area contributed by atoms with Gasteiger partial charge in [-0.3, -0.25) is 0 Å². The van der Waals surface area contributed by atoms with Crippen molar-refractivity contribution in [2.75, 3.05) is 13.2 Å². The number of hydrogen-bond acceptors (Lipinski definition) is 5. The zero-order chi connectivity index (χ0) is 16.0. The van der Waals surface area contributed by atoms with E-state index in [4.69, 9.17) is 24.5 Å². The average Bonchev–Trinajstić information content (AvgIpc) is 3.07. The molecular weight excluding hydrogens is 286 g/mol. The zero-order valence-electron chi connectivity index (χ0n) is 13.3. The van der Waals surface area contributed by atoms with E-state index in [9.17, 15) is 0 Å². The van der Waals surface area contributed by atoms with Crippen LogP contribution in [0.15, 0.2) is 17.8 Å². The Morgan fingerprint density at radius 1 is 1.32 bits per heavy atom. The summed E-state index contributed by atoms with van der Waals surface area (Å²) in [5, 5.41) is 3.61. The Labute approximate surface area is 131 Å². The van der Waals surface area contributed by atoms with Gasteiger partial charge in [-0.2, -0.15) is 0 Å². The largest absolute Gasteiger partial charge is 0.350 e. The van der Waals surface area contributed by atoms with Gasteiger partial charge in [-0.05, 0) is 31.2 Å². The van der Waals surface area contributed by atoms with Gasteiger partial charge in [0.2, 0.25) is 0 Å². The lowest BCUT2D eigenvalue weighted by Gasteiger charge is -2.28. The van der Waals surface area contributed by atoms with Gasteiger partial charge in [-0.1, -0.05) is 25.0 Å². The Morgan fingerprint density at radius 3 is 2.68 bits per heavy atom. The molecule has 0 aliphatic carbocycles. The maximum atomic E-state index is 8.52. The van der Waals surface area contributed by atoms with Crippen molar-refractivity contribution in [2.24, 2.45) is 5.11 Å². The minimum atomic E-state index is -0.587. The van der Waals surface area contributed by atoms with Crippen LogP contribution in [0.2, 0.25) is 0 Å². The summed E-state index contributed by atoms with van der Waals surface area (Å²) in [4.78, 5) is 2.80. The summed E-state index contributed by atoms with van der Waals surface area (Å²) in [5.74, 6) is -0.587. The highest BCUT2D eigenvalue weighted by Crippen LogP contribution is 2.42. The summed E-state index contributed by atoms with van der Waals surface area (Å²) in [6.07, 6.45) is 3.82. The van der Waals surface area contributed by atoms with Gasteiger partial charge < -0.3 is 18.9 Å². The van der Waals surface area contributed by atoms with Crippen molar-refractivity contribution in [1.29, 1.82) is 0 Å². The fourth-order valence-corrected chi connectivity index (χ4v) is 2.89. The highest BCUT2D eigenvalue weighted by atomic mass is 16.8. The Kier molecular flexibility index (Phi) is 6.23. The standard InChI is InChI=1S/C15H25N3O4/c1-4-7-8-9-19-14-13-12(11(20-14)10-17-18-16)21-15(5-2,6-3)22-13/h4,11-14H,1,5-10H2,2-3H3/t11-,12?,13?,14+/m1/s1. The Hall–Kier alpha value is -1.11. The van der Waals surface area contributed by atoms with Crippen molar-refractivity contribution in [3.63, 3.8) is 0 Å². The number of hydrogen-bond donors (Lipinski definition) is 0. The third kappa shape index (κ3) is 3.62.